The van der Waals surface area contributed by atoms with Crippen LogP contribution < -0.4 is 10.6 Å². The number of anilines is 1. The van der Waals surface area contributed by atoms with E-state index in [-0.39, 0.29) is 34.9 Å². The van der Waals surface area contributed by atoms with E-state index in [1.54, 1.807) is 6.07 Å². The van der Waals surface area contributed by atoms with Gasteiger partial charge in [-0.3, -0.25) is 9.59 Å². The first-order valence-corrected chi connectivity index (χ1v) is 9.45. The van der Waals surface area contributed by atoms with E-state index < -0.39 is 11.7 Å². The molecule has 3 rings (SSSR count). The second-order valence-electron chi connectivity index (χ2n) is 6.25. The van der Waals surface area contributed by atoms with E-state index in [0.717, 1.165) is 24.7 Å². The lowest BCUT2D eigenvalue weighted by Crippen LogP contribution is -2.52. The summed E-state index contributed by atoms with van der Waals surface area (Å²) in [6, 6.07) is 5.49. The van der Waals surface area contributed by atoms with Crippen molar-refractivity contribution < 1.29 is 14.0 Å². The van der Waals surface area contributed by atoms with Crippen LogP contribution >= 0.6 is 35.3 Å². The minimum atomic E-state index is -0.503. The summed E-state index contributed by atoms with van der Waals surface area (Å²) in [5, 5.41) is 6.59. The molecule has 2 N–H and O–H groups in total. The van der Waals surface area contributed by atoms with Gasteiger partial charge in [0.15, 0.2) is 0 Å². The largest absolute Gasteiger partial charge is 0.333 e. The van der Waals surface area contributed by atoms with Gasteiger partial charge in [-0.1, -0.05) is 11.6 Å². The molecule has 0 radical (unpaired) electrons. The van der Waals surface area contributed by atoms with E-state index in [0.29, 0.717) is 16.4 Å². The van der Waals surface area contributed by atoms with Crippen molar-refractivity contribution in [3.05, 3.63) is 51.1 Å². The van der Waals surface area contributed by atoms with Crippen molar-refractivity contribution in [3.63, 3.8) is 0 Å². The molecule has 2 heterocycles. The Hall–Kier alpha value is -1.67. The minimum Gasteiger partial charge on any atom is -0.333 e. The fourth-order valence-corrected chi connectivity index (χ4v) is 4.16. The third-order valence-corrected chi connectivity index (χ3v) is 5.74. The number of nitrogens with one attached hydrogen (secondary N) is 2. The molecule has 0 spiro atoms. The Kier molecular flexibility index (Phi) is 7.22. The van der Waals surface area contributed by atoms with Crippen LogP contribution in [0.1, 0.15) is 32.5 Å². The van der Waals surface area contributed by atoms with Crippen molar-refractivity contribution in [2.75, 3.05) is 25.0 Å². The van der Waals surface area contributed by atoms with E-state index in [1.807, 2.05) is 18.7 Å². The van der Waals surface area contributed by atoms with E-state index in [9.17, 15) is 14.0 Å². The van der Waals surface area contributed by atoms with Crippen LogP contribution in [0.3, 0.4) is 0 Å². The van der Waals surface area contributed by atoms with Gasteiger partial charge in [0.2, 0.25) is 0 Å². The quantitative estimate of drug-likeness (QED) is 0.772. The highest BCUT2D eigenvalue weighted by atomic mass is 35.5. The van der Waals surface area contributed by atoms with Gasteiger partial charge in [-0.25, -0.2) is 4.39 Å². The number of aryl methyl sites for hydroxylation is 1. The summed E-state index contributed by atoms with van der Waals surface area (Å²) < 4.78 is 13.1. The third-order valence-electron chi connectivity index (χ3n) is 4.29. The molecular formula is C18H20Cl2FN3O2S. The van der Waals surface area contributed by atoms with Gasteiger partial charge in [0.25, 0.3) is 11.8 Å². The van der Waals surface area contributed by atoms with Gasteiger partial charge in [0.05, 0.1) is 20.5 Å². The van der Waals surface area contributed by atoms with E-state index in [4.69, 9.17) is 11.6 Å². The van der Waals surface area contributed by atoms with Crippen molar-refractivity contribution >= 4 is 52.2 Å². The lowest BCUT2D eigenvalue weighted by Gasteiger charge is -2.33. The highest BCUT2D eigenvalue weighted by Gasteiger charge is 2.27. The number of hydrogen-bond acceptors (Lipinski definition) is 4. The molecule has 1 atom stereocenters. The number of nitrogens with zero attached hydrogens (tertiary/aromatic N) is 1. The number of piperazine rings is 1. The molecule has 1 aromatic carbocycles. The second-order valence-corrected chi connectivity index (χ2v) is 7.71. The monoisotopic (exact) mass is 431 g/mol. The molecule has 1 aliphatic heterocycles. The Labute approximate surface area is 172 Å². The number of thiophene rings is 1. The Morgan fingerprint density at radius 3 is 2.78 bits per heavy atom. The van der Waals surface area contributed by atoms with Gasteiger partial charge in [-0.15, -0.1) is 23.7 Å². The van der Waals surface area contributed by atoms with Crippen LogP contribution in [0.2, 0.25) is 5.02 Å². The molecule has 146 valence electrons. The van der Waals surface area contributed by atoms with Crippen LogP contribution in [-0.4, -0.2) is 42.4 Å². The lowest BCUT2D eigenvalue weighted by atomic mass is 10.2. The zero-order valence-electron chi connectivity index (χ0n) is 14.8. The molecule has 2 amide bonds. The van der Waals surface area contributed by atoms with Gasteiger partial charge in [0, 0.05) is 25.7 Å². The Bertz CT molecular complexity index is 859. The standard InChI is InChI=1S/C18H19ClFN3O2S.ClH/c1-10-7-15(22-17(24)13-4-3-12(20)8-14(13)19)26-16(10)18(25)23-6-5-21-9-11(23)2;/h3-4,7-8,11,21H,5-6,9H2,1-2H3,(H,22,24);1H. The molecule has 1 aromatic heterocycles. The van der Waals surface area contributed by atoms with Crippen LogP contribution in [0.25, 0.3) is 0 Å². The van der Waals surface area contributed by atoms with Gasteiger partial charge in [0.1, 0.15) is 5.82 Å². The second kappa shape index (κ2) is 9.01. The molecule has 9 heteroatoms. The average molecular weight is 432 g/mol. The first-order valence-electron chi connectivity index (χ1n) is 8.25. The van der Waals surface area contributed by atoms with Crippen LogP contribution in [0, 0.1) is 12.7 Å². The molecule has 2 aromatic rings. The predicted octanol–water partition coefficient (Wildman–Crippen LogP) is 3.96. The molecule has 0 saturated carbocycles. The maximum absolute atomic E-state index is 13.1. The van der Waals surface area contributed by atoms with Crippen molar-refractivity contribution in [1.29, 1.82) is 0 Å². The number of hydrogen-bond donors (Lipinski definition) is 2. The van der Waals surface area contributed by atoms with Crippen molar-refractivity contribution in [1.82, 2.24) is 10.2 Å². The first kappa shape index (κ1) is 21.6. The number of benzene rings is 1. The Balaban J connectivity index is 0.00000261. The smallest absolute Gasteiger partial charge is 0.264 e. The summed E-state index contributed by atoms with van der Waals surface area (Å²) in [6.07, 6.45) is 0. The van der Waals surface area contributed by atoms with Gasteiger partial charge in [-0.2, -0.15) is 0 Å². The highest BCUT2D eigenvalue weighted by Crippen LogP contribution is 2.29. The summed E-state index contributed by atoms with van der Waals surface area (Å²) in [4.78, 5) is 27.7. The number of halogens is 3. The van der Waals surface area contributed by atoms with Crippen LogP contribution in [0.4, 0.5) is 9.39 Å². The maximum atomic E-state index is 13.1. The van der Waals surface area contributed by atoms with Gasteiger partial charge < -0.3 is 15.5 Å². The molecule has 1 saturated heterocycles. The number of carbonyl (C=O) groups is 2. The molecular weight excluding hydrogens is 412 g/mol. The van der Waals surface area contributed by atoms with Crippen molar-refractivity contribution in [3.8, 4) is 0 Å². The lowest BCUT2D eigenvalue weighted by molar-refractivity contribution is 0.0660. The number of rotatable bonds is 3. The fourth-order valence-electron chi connectivity index (χ4n) is 2.88. The minimum absolute atomic E-state index is 0. The Morgan fingerprint density at radius 2 is 2.11 bits per heavy atom. The van der Waals surface area contributed by atoms with Crippen LogP contribution in [-0.2, 0) is 0 Å². The molecule has 5 nitrogen and oxygen atoms in total. The fraction of sp³-hybridized carbons (Fsp3) is 0.333. The maximum Gasteiger partial charge on any atom is 0.264 e. The summed E-state index contributed by atoms with van der Waals surface area (Å²) >= 11 is 7.17. The molecule has 1 fully saturated rings. The molecule has 0 bridgehead atoms. The summed E-state index contributed by atoms with van der Waals surface area (Å²) in [5.74, 6) is -0.968. The van der Waals surface area contributed by atoms with Crippen LogP contribution in [0.15, 0.2) is 24.3 Å². The molecule has 1 unspecified atom stereocenters. The third kappa shape index (κ3) is 4.79. The predicted molar refractivity (Wildman–Crippen MR) is 109 cm³/mol. The molecule has 0 aliphatic carbocycles. The average Bonchev–Trinajstić information content (AvgIpc) is 2.94. The summed E-state index contributed by atoms with van der Waals surface area (Å²) in [6.45, 7) is 6.05. The first-order chi connectivity index (χ1) is 12.4. The molecule has 1 aliphatic rings. The van der Waals surface area contributed by atoms with E-state index >= 15 is 0 Å². The zero-order valence-corrected chi connectivity index (χ0v) is 17.2. The summed E-state index contributed by atoms with van der Waals surface area (Å²) in [5.41, 5.74) is 0.994. The van der Waals surface area contributed by atoms with Crippen molar-refractivity contribution in [2.24, 2.45) is 0 Å². The Morgan fingerprint density at radius 1 is 1.37 bits per heavy atom. The van der Waals surface area contributed by atoms with Gasteiger partial charge >= 0.3 is 0 Å². The van der Waals surface area contributed by atoms with E-state index in [1.165, 1.54) is 23.5 Å². The number of amides is 2. The van der Waals surface area contributed by atoms with Crippen LogP contribution in [0.5, 0.6) is 0 Å². The van der Waals surface area contributed by atoms with E-state index in [2.05, 4.69) is 10.6 Å². The number of carbonyl (C=O) groups excluding carboxylic acids is 2. The van der Waals surface area contributed by atoms with Crippen molar-refractivity contribution in [2.45, 2.75) is 19.9 Å². The summed E-state index contributed by atoms with van der Waals surface area (Å²) in [7, 11) is 0. The zero-order chi connectivity index (χ0) is 18.8. The topological polar surface area (TPSA) is 61.4 Å². The van der Waals surface area contributed by atoms with Gasteiger partial charge in [-0.05, 0) is 43.7 Å². The SMILES string of the molecule is Cc1cc(NC(=O)c2ccc(F)cc2Cl)sc1C(=O)N1CCNCC1C.Cl. The highest BCUT2D eigenvalue weighted by molar-refractivity contribution is 7.18. The normalized spacial score (nSPS) is 16.6. The molecule has 27 heavy (non-hydrogen) atoms.